The van der Waals surface area contributed by atoms with Crippen molar-refractivity contribution in [3.05, 3.63) is 53.6 Å². The Morgan fingerprint density at radius 1 is 1.20 bits per heavy atom. The van der Waals surface area contributed by atoms with E-state index >= 15 is 0 Å². The number of morpholine rings is 1. The molecule has 3 rings (SSSR count). The molecule has 0 radical (unpaired) electrons. The van der Waals surface area contributed by atoms with Crippen LogP contribution in [0.2, 0.25) is 0 Å². The second kappa shape index (κ2) is 8.33. The number of aliphatic hydroxyl groups excluding tert-OH is 1. The summed E-state index contributed by atoms with van der Waals surface area (Å²) in [6.45, 7) is 5.44. The van der Waals surface area contributed by atoms with E-state index in [0.717, 1.165) is 18.7 Å². The molecule has 1 fully saturated rings. The fourth-order valence-corrected chi connectivity index (χ4v) is 2.70. The molecule has 2 N–H and O–H groups in total. The molecule has 2 aromatic rings. The predicted octanol–water partition coefficient (Wildman–Crippen LogP) is 1.66. The molecule has 1 aliphatic rings. The van der Waals surface area contributed by atoms with E-state index in [-0.39, 0.29) is 11.9 Å². The van der Waals surface area contributed by atoms with Gasteiger partial charge < -0.3 is 20.1 Å². The number of benzene rings is 1. The van der Waals surface area contributed by atoms with Gasteiger partial charge in [0.2, 0.25) is 5.95 Å². The van der Waals surface area contributed by atoms with Crippen molar-refractivity contribution in [1.82, 2.24) is 15.3 Å². The van der Waals surface area contributed by atoms with E-state index in [1.54, 1.807) is 24.5 Å². The molecule has 1 saturated heterocycles. The second-order valence-electron chi connectivity index (χ2n) is 6.16. The van der Waals surface area contributed by atoms with Crippen molar-refractivity contribution >= 4 is 5.95 Å². The number of halogens is 1. The van der Waals surface area contributed by atoms with Crippen LogP contribution in [0.5, 0.6) is 0 Å². The standard InChI is InChI=1S/C18H23FN4O2/c1-13(17(24)15-2-4-16(19)5-3-15)20-10-14-11-21-18(22-12-14)23-6-8-25-9-7-23/h2-5,11-13,17,20,24H,6-10H2,1H3. The zero-order chi connectivity index (χ0) is 17.6. The summed E-state index contributed by atoms with van der Waals surface area (Å²) >= 11 is 0. The topological polar surface area (TPSA) is 70.5 Å². The lowest BCUT2D eigenvalue weighted by Crippen LogP contribution is -2.37. The Labute approximate surface area is 146 Å². The van der Waals surface area contributed by atoms with Crippen LogP contribution < -0.4 is 10.2 Å². The smallest absolute Gasteiger partial charge is 0.225 e. The molecular weight excluding hydrogens is 323 g/mol. The molecule has 1 aromatic carbocycles. The lowest BCUT2D eigenvalue weighted by Gasteiger charge is -2.26. The van der Waals surface area contributed by atoms with E-state index in [9.17, 15) is 9.50 Å². The summed E-state index contributed by atoms with van der Waals surface area (Å²) in [7, 11) is 0. The van der Waals surface area contributed by atoms with Crippen LogP contribution in [-0.4, -0.2) is 47.4 Å². The number of hydrogen-bond donors (Lipinski definition) is 2. The molecule has 25 heavy (non-hydrogen) atoms. The summed E-state index contributed by atoms with van der Waals surface area (Å²) in [6, 6.07) is 5.70. The van der Waals surface area contributed by atoms with Crippen molar-refractivity contribution in [3.63, 3.8) is 0 Å². The molecule has 2 heterocycles. The molecule has 2 unspecified atom stereocenters. The van der Waals surface area contributed by atoms with Crippen molar-refractivity contribution in [3.8, 4) is 0 Å². The number of ether oxygens (including phenoxy) is 1. The van der Waals surface area contributed by atoms with Gasteiger partial charge in [0.15, 0.2) is 0 Å². The molecule has 1 aliphatic heterocycles. The zero-order valence-corrected chi connectivity index (χ0v) is 14.2. The van der Waals surface area contributed by atoms with E-state index in [1.807, 2.05) is 6.92 Å². The van der Waals surface area contributed by atoms with Gasteiger partial charge in [-0.1, -0.05) is 12.1 Å². The third-order valence-corrected chi connectivity index (χ3v) is 4.30. The molecule has 2 atom stereocenters. The van der Waals surface area contributed by atoms with Gasteiger partial charge in [-0.15, -0.1) is 0 Å². The van der Waals surface area contributed by atoms with Crippen LogP contribution in [-0.2, 0) is 11.3 Å². The maximum absolute atomic E-state index is 13.0. The SMILES string of the molecule is CC(NCc1cnc(N2CCOCC2)nc1)C(O)c1ccc(F)cc1. The van der Waals surface area contributed by atoms with E-state index in [1.165, 1.54) is 12.1 Å². The number of hydrogen-bond acceptors (Lipinski definition) is 6. The van der Waals surface area contributed by atoms with Crippen LogP contribution in [0.25, 0.3) is 0 Å². The third-order valence-electron chi connectivity index (χ3n) is 4.30. The summed E-state index contributed by atoms with van der Waals surface area (Å²) in [6.07, 6.45) is 2.87. The summed E-state index contributed by atoms with van der Waals surface area (Å²) in [5.74, 6) is 0.403. The third kappa shape index (κ3) is 4.72. The van der Waals surface area contributed by atoms with E-state index < -0.39 is 6.10 Å². The summed E-state index contributed by atoms with van der Waals surface area (Å²) in [4.78, 5) is 10.9. The maximum Gasteiger partial charge on any atom is 0.225 e. The molecule has 0 saturated carbocycles. The predicted molar refractivity (Wildman–Crippen MR) is 92.7 cm³/mol. The number of nitrogens with one attached hydrogen (secondary N) is 1. The van der Waals surface area contributed by atoms with Gasteiger partial charge in [0, 0.05) is 43.6 Å². The van der Waals surface area contributed by atoms with Crippen LogP contribution in [0.15, 0.2) is 36.7 Å². The fraction of sp³-hybridized carbons (Fsp3) is 0.444. The van der Waals surface area contributed by atoms with Crippen LogP contribution in [0.1, 0.15) is 24.2 Å². The molecule has 0 spiro atoms. The van der Waals surface area contributed by atoms with Gasteiger partial charge in [0.05, 0.1) is 19.3 Å². The van der Waals surface area contributed by atoms with E-state index in [2.05, 4.69) is 20.2 Å². The Morgan fingerprint density at radius 3 is 2.48 bits per heavy atom. The highest BCUT2D eigenvalue weighted by Gasteiger charge is 2.17. The fourth-order valence-electron chi connectivity index (χ4n) is 2.70. The largest absolute Gasteiger partial charge is 0.387 e. The van der Waals surface area contributed by atoms with Gasteiger partial charge in [0.1, 0.15) is 5.82 Å². The van der Waals surface area contributed by atoms with Crippen molar-refractivity contribution in [2.75, 3.05) is 31.2 Å². The average Bonchev–Trinajstić information content (AvgIpc) is 2.67. The molecule has 1 aromatic heterocycles. The van der Waals surface area contributed by atoms with Gasteiger partial charge >= 0.3 is 0 Å². The molecule has 0 bridgehead atoms. The van der Waals surface area contributed by atoms with Crippen molar-refractivity contribution in [2.24, 2.45) is 0 Å². The van der Waals surface area contributed by atoms with Gasteiger partial charge in [-0.05, 0) is 24.6 Å². The Kier molecular flexibility index (Phi) is 5.91. The average molecular weight is 346 g/mol. The Morgan fingerprint density at radius 2 is 1.84 bits per heavy atom. The quantitative estimate of drug-likeness (QED) is 0.829. The van der Waals surface area contributed by atoms with Gasteiger partial charge in [-0.3, -0.25) is 0 Å². The highest BCUT2D eigenvalue weighted by atomic mass is 19.1. The lowest BCUT2D eigenvalue weighted by molar-refractivity contribution is 0.122. The zero-order valence-electron chi connectivity index (χ0n) is 14.2. The first kappa shape index (κ1) is 17.7. The molecule has 7 heteroatoms. The highest BCUT2D eigenvalue weighted by Crippen LogP contribution is 2.17. The van der Waals surface area contributed by atoms with Gasteiger partial charge in [0.25, 0.3) is 0 Å². The number of aromatic nitrogens is 2. The van der Waals surface area contributed by atoms with Crippen molar-refractivity contribution in [1.29, 1.82) is 0 Å². The Balaban J connectivity index is 1.52. The molecule has 0 amide bonds. The Bertz CT molecular complexity index is 660. The van der Waals surface area contributed by atoms with Gasteiger partial charge in [-0.2, -0.15) is 0 Å². The number of anilines is 1. The first-order valence-corrected chi connectivity index (χ1v) is 8.44. The number of nitrogens with zero attached hydrogens (tertiary/aromatic N) is 3. The van der Waals surface area contributed by atoms with Crippen LogP contribution in [0.3, 0.4) is 0 Å². The first-order valence-electron chi connectivity index (χ1n) is 8.44. The van der Waals surface area contributed by atoms with Crippen molar-refractivity contribution in [2.45, 2.75) is 25.6 Å². The van der Waals surface area contributed by atoms with Crippen molar-refractivity contribution < 1.29 is 14.2 Å². The van der Waals surface area contributed by atoms with E-state index in [0.29, 0.717) is 31.3 Å². The minimum atomic E-state index is -0.714. The summed E-state index contributed by atoms with van der Waals surface area (Å²) in [5, 5.41) is 13.6. The summed E-state index contributed by atoms with van der Waals surface area (Å²) < 4.78 is 18.3. The normalized spacial score (nSPS) is 17.3. The highest BCUT2D eigenvalue weighted by molar-refractivity contribution is 5.30. The maximum atomic E-state index is 13.0. The van der Waals surface area contributed by atoms with E-state index in [4.69, 9.17) is 4.74 Å². The number of aliphatic hydroxyl groups is 1. The molecule has 0 aliphatic carbocycles. The van der Waals surface area contributed by atoms with Crippen LogP contribution in [0, 0.1) is 5.82 Å². The van der Waals surface area contributed by atoms with Crippen LogP contribution >= 0.6 is 0 Å². The Hall–Kier alpha value is -2.09. The monoisotopic (exact) mass is 346 g/mol. The molecule has 6 nitrogen and oxygen atoms in total. The summed E-state index contributed by atoms with van der Waals surface area (Å²) in [5.41, 5.74) is 1.62. The minimum Gasteiger partial charge on any atom is -0.387 e. The molecule has 134 valence electrons. The van der Waals surface area contributed by atoms with Gasteiger partial charge in [-0.25, -0.2) is 14.4 Å². The first-order chi connectivity index (χ1) is 12.1. The minimum absolute atomic E-state index is 0.190. The number of rotatable bonds is 6. The molecular formula is C18H23FN4O2. The van der Waals surface area contributed by atoms with Crippen LogP contribution in [0.4, 0.5) is 10.3 Å². The second-order valence-corrected chi connectivity index (χ2v) is 6.16. The lowest BCUT2D eigenvalue weighted by atomic mass is 10.0.